The summed E-state index contributed by atoms with van der Waals surface area (Å²) < 4.78 is 7.00. The number of anilines is 1. The molecule has 166 valence electrons. The lowest BCUT2D eigenvalue weighted by Gasteiger charge is -2.39. The highest BCUT2D eigenvalue weighted by Gasteiger charge is 2.53. The summed E-state index contributed by atoms with van der Waals surface area (Å²) in [4.78, 5) is 35.7. The maximum Gasteiger partial charge on any atom is 0.323 e. The number of fused-ring (bicyclic) bond motifs is 4. The molecule has 4 atom stereocenters. The van der Waals surface area contributed by atoms with Crippen molar-refractivity contribution in [3.63, 3.8) is 0 Å². The third-order valence-electron chi connectivity index (χ3n) is 6.98. The molecule has 2 aliphatic rings. The first-order chi connectivity index (χ1) is 15.5. The molecule has 5 rings (SSSR count). The quantitative estimate of drug-likeness (QED) is 0.591. The van der Waals surface area contributed by atoms with E-state index in [9.17, 15) is 9.59 Å². The van der Waals surface area contributed by atoms with Crippen LogP contribution in [0.2, 0.25) is 0 Å². The zero-order valence-corrected chi connectivity index (χ0v) is 18.6. The van der Waals surface area contributed by atoms with Gasteiger partial charge in [-0.3, -0.25) is 18.9 Å². The second kappa shape index (κ2) is 8.06. The molecule has 0 saturated carbocycles. The molecular formula is C25H28N4O3. The van der Waals surface area contributed by atoms with Gasteiger partial charge in [0.1, 0.15) is 17.5 Å². The number of esters is 1. The van der Waals surface area contributed by atoms with E-state index >= 15 is 0 Å². The largest absolute Gasteiger partial charge is 0.465 e. The number of likely N-dealkylation sites (tertiary alicyclic amines) is 1. The molecule has 32 heavy (non-hydrogen) atoms. The molecule has 0 spiro atoms. The molecule has 0 radical (unpaired) electrons. The molecule has 0 amide bonds. The summed E-state index contributed by atoms with van der Waals surface area (Å²) in [6, 6.07) is 15.2. The summed E-state index contributed by atoms with van der Waals surface area (Å²) in [6.07, 6.45) is 1.76. The maximum atomic E-state index is 13.7. The highest BCUT2D eigenvalue weighted by molar-refractivity contribution is 5.77. The minimum Gasteiger partial charge on any atom is -0.465 e. The standard InChI is InChI=1S/C25H28N4O3/c1-4-32-25(31)21-16(2)18-15-28(14-17-10-6-5-7-11-17)23-20(22(18)27(21)3)24(30)29-13-9-8-12-19(29)26-23/h5-13,16,18,21-22H,4,14-15H2,1-3H3/t16-,18-,21+,22+/m1/s1. The van der Waals surface area contributed by atoms with Gasteiger partial charge in [-0.05, 0) is 37.6 Å². The SMILES string of the molecule is CCOC(=O)[C@@H]1[C@H](C)[C@H]2CN(Cc3ccccc3)c3nc4ccccn4c(=O)c3[C@H]2N1C. The number of pyridine rings is 1. The van der Waals surface area contributed by atoms with E-state index in [0.29, 0.717) is 24.4 Å². The Hall–Kier alpha value is -3.19. The van der Waals surface area contributed by atoms with Crippen LogP contribution in [0, 0.1) is 11.8 Å². The minimum atomic E-state index is -0.384. The first-order valence-electron chi connectivity index (χ1n) is 11.2. The van der Waals surface area contributed by atoms with Gasteiger partial charge in [0.05, 0.1) is 12.2 Å². The van der Waals surface area contributed by atoms with E-state index in [4.69, 9.17) is 9.72 Å². The number of likely N-dealkylation sites (N-methyl/N-ethyl adjacent to an activating group) is 1. The van der Waals surface area contributed by atoms with Crippen LogP contribution in [0.25, 0.3) is 5.65 Å². The number of rotatable bonds is 4. The second-order valence-corrected chi connectivity index (χ2v) is 8.78. The summed E-state index contributed by atoms with van der Waals surface area (Å²) in [6.45, 7) is 5.65. The van der Waals surface area contributed by atoms with Gasteiger partial charge in [0, 0.05) is 31.2 Å². The van der Waals surface area contributed by atoms with E-state index < -0.39 is 0 Å². The van der Waals surface area contributed by atoms with Crippen molar-refractivity contribution in [3.05, 3.63) is 76.2 Å². The predicted octanol–water partition coefficient (Wildman–Crippen LogP) is 2.89. The summed E-state index contributed by atoms with van der Waals surface area (Å²) in [5, 5.41) is 0. The maximum absolute atomic E-state index is 13.7. The molecule has 7 nitrogen and oxygen atoms in total. The molecule has 2 aromatic heterocycles. The van der Waals surface area contributed by atoms with Gasteiger partial charge < -0.3 is 9.64 Å². The van der Waals surface area contributed by atoms with Gasteiger partial charge in [0.25, 0.3) is 5.56 Å². The molecule has 2 aliphatic heterocycles. The van der Waals surface area contributed by atoms with Crippen LogP contribution in [0.5, 0.6) is 0 Å². The number of ether oxygens (including phenoxy) is 1. The number of aromatic nitrogens is 2. The molecule has 4 heterocycles. The van der Waals surface area contributed by atoms with E-state index in [2.05, 4.69) is 24.0 Å². The van der Waals surface area contributed by atoms with Gasteiger partial charge >= 0.3 is 5.97 Å². The van der Waals surface area contributed by atoms with Crippen LogP contribution in [0.3, 0.4) is 0 Å². The van der Waals surface area contributed by atoms with Gasteiger partial charge in [-0.15, -0.1) is 0 Å². The fraction of sp³-hybridized carbons (Fsp3) is 0.400. The zero-order chi connectivity index (χ0) is 22.4. The van der Waals surface area contributed by atoms with Gasteiger partial charge in [0.15, 0.2) is 0 Å². The first kappa shape index (κ1) is 20.7. The lowest BCUT2D eigenvalue weighted by molar-refractivity contribution is -0.149. The lowest BCUT2D eigenvalue weighted by Crippen LogP contribution is -2.44. The summed E-state index contributed by atoms with van der Waals surface area (Å²) >= 11 is 0. The molecule has 0 N–H and O–H groups in total. The molecule has 0 unspecified atom stereocenters. The molecule has 0 bridgehead atoms. The second-order valence-electron chi connectivity index (χ2n) is 8.78. The fourth-order valence-corrected chi connectivity index (χ4v) is 5.54. The van der Waals surface area contributed by atoms with Gasteiger partial charge in [-0.25, -0.2) is 4.98 Å². The van der Waals surface area contributed by atoms with Gasteiger partial charge in [-0.1, -0.05) is 43.3 Å². The molecule has 1 aromatic carbocycles. The van der Waals surface area contributed by atoms with Crippen LogP contribution in [-0.4, -0.2) is 46.5 Å². The Balaban J connectivity index is 1.66. The summed E-state index contributed by atoms with van der Waals surface area (Å²) in [5.74, 6) is 0.657. The molecule has 1 fully saturated rings. The van der Waals surface area contributed by atoms with E-state index in [-0.39, 0.29) is 35.4 Å². The molecule has 0 aliphatic carbocycles. The normalized spacial score (nSPS) is 24.9. The van der Waals surface area contributed by atoms with E-state index in [1.165, 1.54) is 0 Å². The van der Waals surface area contributed by atoms with E-state index in [0.717, 1.165) is 17.9 Å². The molecule has 3 aromatic rings. The molecule has 1 saturated heterocycles. The summed E-state index contributed by atoms with van der Waals surface area (Å²) in [7, 11) is 1.93. The van der Waals surface area contributed by atoms with E-state index in [1.54, 1.807) is 10.6 Å². The predicted molar refractivity (Wildman–Crippen MR) is 123 cm³/mol. The molecule has 7 heteroatoms. The Morgan fingerprint density at radius 2 is 1.91 bits per heavy atom. The minimum absolute atomic E-state index is 0.0475. The highest BCUT2D eigenvalue weighted by Crippen LogP contribution is 2.49. The van der Waals surface area contributed by atoms with E-state index in [1.807, 2.05) is 55.3 Å². The van der Waals surface area contributed by atoms with Crippen LogP contribution in [0.4, 0.5) is 5.82 Å². The van der Waals surface area contributed by atoms with Crippen molar-refractivity contribution in [2.75, 3.05) is 25.1 Å². The Morgan fingerprint density at radius 1 is 1.16 bits per heavy atom. The van der Waals surface area contributed by atoms with Crippen LogP contribution in [0.15, 0.2) is 59.5 Å². The number of hydrogen-bond acceptors (Lipinski definition) is 6. The lowest BCUT2D eigenvalue weighted by atomic mass is 9.83. The average Bonchev–Trinajstić information content (AvgIpc) is 3.04. The third-order valence-corrected chi connectivity index (χ3v) is 6.98. The number of hydrogen-bond donors (Lipinski definition) is 0. The van der Waals surface area contributed by atoms with Crippen molar-refractivity contribution in [2.24, 2.45) is 11.8 Å². The Morgan fingerprint density at radius 3 is 2.66 bits per heavy atom. The van der Waals surface area contributed by atoms with Crippen molar-refractivity contribution in [1.82, 2.24) is 14.3 Å². The number of carbonyl (C=O) groups excluding carboxylic acids is 1. The third kappa shape index (κ3) is 3.19. The highest BCUT2D eigenvalue weighted by atomic mass is 16.5. The van der Waals surface area contributed by atoms with Crippen molar-refractivity contribution in [2.45, 2.75) is 32.5 Å². The Bertz CT molecular complexity index is 1210. The monoisotopic (exact) mass is 432 g/mol. The van der Waals surface area contributed by atoms with Crippen LogP contribution >= 0.6 is 0 Å². The van der Waals surface area contributed by atoms with Crippen molar-refractivity contribution >= 4 is 17.4 Å². The molecular weight excluding hydrogens is 404 g/mol. The van der Waals surface area contributed by atoms with Crippen LogP contribution in [-0.2, 0) is 16.1 Å². The number of benzene rings is 1. The Kier molecular flexibility index (Phi) is 5.21. The van der Waals surface area contributed by atoms with Gasteiger partial charge in [0.2, 0.25) is 0 Å². The number of carbonyl (C=O) groups is 1. The smallest absolute Gasteiger partial charge is 0.323 e. The first-order valence-corrected chi connectivity index (χ1v) is 11.2. The van der Waals surface area contributed by atoms with Crippen LogP contribution < -0.4 is 10.5 Å². The summed E-state index contributed by atoms with van der Waals surface area (Å²) in [5.41, 5.74) is 2.39. The average molecular weight is 433 g/mol. The van der Waals surface area contributed by atoms with Crippen molar-refractivity contribution in [1.29, 1.82) is 0 Å². The van der Waals surface area contributed by atoms with Crippen molar-refractivity contribution in [3.8, 4) is 0 Å². The van der Waals surface area contributed by atoms with Crippen molar-refractivity contribution < 1.29 is 9.53 Å². The zero-order valence-electron chi connectivity index (χ0n) is 18.6. The topological polar surface area (TPSA) is 67.2 Å². The Labute approximate surface area is 187 Å². The number of nitrogens with zero attached hydrogens (tertiary/aromatic N) is 4. The fourth-order valence-electron chi connectivity index (χ4n) is 5.54. The van der Waals surface area contributed by atoms with Crippen LogP contribution in [0.1, 0.15) is 31.0 Å². The van der Waals surface area contributed by atoms with Gasteiger partial charge in [-0.2, -0.15) is 0 Å².